The summed E-state index contributed by atoms with van der Waals surface area (Å²) in [6.45, 7) is 4.42. The monoisotopic (exact) mass is 364 g/mol. The van der Waals surface area contributed by atoms with Gasteiger partial charge in [-0.15, -0.1) is 0 Å². The van der Waals surface area contributed by atoms with Gasteiger partial charge in [-0.1, -0.05) is 38.7 Å². The van der Waals surface area contributed by atoms with Crippen molar-refractivity contribution in [2.75, 3.05) is 6.61 Å². The first-order valence-electron chi connectivity index (χ1n) is 10.7. The minimum atomic E-state index is -0.819. The van der Waals surface area contributed by atoms with Gasteiger partial charge in [0.05, 0.1) is 6.61 Å². The van der Waals surface area contributed by atoms with Gasteiger partial charge in [0.25, 0.3) is 0 Å². The van der Waals surface area contributed by atoms with Crippen LogP contribution in [0.5, 0.6) is 5.75 Å². The van der Waals surface area contributed by atoms with E-state index in [2.05, 4.69) is 6.92 Å². The van der Waals surface area contributed by atoms with E-state index in [4.69, 9.17) is 4.74 Å². The lowest BCUT2D eigenvalue weighted by molar-refractivity contribution is 0.155. The maximum atomic E-state index is 14.5. The van der Waals surface area contributed by atoms with Gasteiger partial charge in [0.15, 0.2) is 11.6 Å². The van der Waals surface area contributed by atoms with Crippen LogP contribution in [-0.2, 0) is 0 Å². The molecule has 2 saturated carbocycles. The second kappa shape index (κ2) is 9.19. The molecule has 0 spiro atoms. The van der Waals surface area contributed by atoms with Gasteiger partial charge in [0, 0.05) is 0 Å². The molecule has 2 aliphatic rings. The normalized spacial score (nSPS) is 29.5. The van der Waals surface area contributed by atoms with Crippen LogP contribution < -0.4 is 4.74 Å². The van der Waals surface area contributed by atoms with Crippen LogP contribution in [0.4, 0.5) is 8.78 Å². The van der Waals surface area contributed by atoms with Gasteiger partial charge in [-0.05, 0) is 80.8 Å². The van der Waals surface area contributed by atoms with E-state index in [1.54, 1.807) is 19.1 Å². The average molecular weight is 365 g/mol. The summed E-state index contributed by atoms with van der Waals surface area (Å²) in [4.78, 5) is 0. The summed E-state index contributed by atoms with van der Waals surface area (Å²) in [5.41, 5.74) is 0.552. The predicted molar refractivity (Wildman–Crippen MR) is 103 cm³/mol. The van der Waals surface area contributed by atoms with Crippen molar-refractivity contribution in [3.05, 3.63) is 29.3 Å². The van der Waals surface area contributed by atoms with Crippen molar-refractivity contribution in [1.29, 1.82) is 0 Å². The fraction of sp³-hybridized carbons (Fsp3) is 0.739. The molecule has 1 aromatic rings. The van der Waals surface area contributed by atoms with E-state index in [0.717, 1.165) is 30.6 Å². The molecule has 0 amide bonds. The third-order valence-electron chi connectivity index (χ3n) is 6.84. The summed E-state index contributed by atoms with van der Waals surface area (Å²) >= 11 is 0. The zero-order valence-electron chi connectivity index (χ0n) is 16.4. The van der Waals surface area contributed by atoms with E-state index < -0.39 is 11.6 Å². The summed E-state index contributed by atoms with van der Waals surface area (Å²) in [6, 6.07) is 3.34. The first kappa shape index (κ1) is 19.6. The molecule has 0 heterocycles. The van der Waals surface area contributed by atoms with Gasteiger partial charge < -0.3 is 4.74 Å². The van der Waals surface area contributed by atoms with E-state index in [0.29, 0.717) is 12.2 Å². The highest BCUT2D eigenvalue weighted by molar-refractivity contribution is 5.33. The summed E-state index contributed by atoms with van der Waals surface area (Å²) in [5.74, 6) is 1.29. The molecule has 3 rings (SSSR count). The zero-order chi connectivity index (χ0) is 18.5. The maximum Gasteiger partial charge on any atom is 0.200 e. The maximum absolute atomic E-state index is 14.5. The number of rotatable bonds is 6. The molecular weight excluding hydrogens is 330 g/mol. The van der Waals surface area contributed by atoms with Crippen molar-refractivity contribution < 1.29 is 13.5 Å². The Morgan fingerprint density at radius 3 is 2.04 bits per heavy atom. The van der Waals surface area contributed by atoms with Crippen molar-refractivity contribution in [3.8, 4) is 5.75 Å². The fourth-order valence-corrected chi connectivity index (χ4v) is 5.39. The minimum Gasteiger partial charge on any atom is -0.491 e. The highest BCUT2D eigenvalue weighted by atomic mass is 19.2. The summed E-state index contributed by atoms with van der Waals surface area (Å²) in [7, 11) is 0. The SMILES string of the molecule is CCC[C@H]1CC[C@H](C2CCC(c3ccc(OCC)c(F)c3F)CC2)CC1. The van der Waals surface area contributed by atoms with Gasteiger partial charge in [-0.3, -0.25) is 0 Å². The standard InChI is InChI=1S/C23H34F2O/c1-3-5-16-6-8-17(9-7-16)18-10-12-19(13-11-18)20-14-15-21(26-4-2)23(25)22(20)24/h14-19H,3-13H2,1-2H3/t16-,17-,18?,19?. The Bertz CT molecular complexity index is 570. The lowest BCUT2D eigenvalue weighted by Gasteiger charge is -2.38. The molecule has 0 saturated heterocycles. The molecule has 1 aromatic carbocycles. The van der Waals surface area contributed by atoms with E-state index in [1.807, 2.05) is 0 Å². The average Bonchev–Trinajstić information content (AvgIpc) is 2.67. The van der Waals surface area contributed by atoms with Gasteiger partial charge in [-0.2, -0.15) is 4.39 Å². The summed E-state index contributed by atoms with van der Waals surface area (Å²) < 4.78 is 33.8. The van der Waals surface area contributed by atoms with E-state index in [-0.39, 0.29) is 11.7 Å². The van der Waals surface area contributed by atoms with Crippen molar-refractivity contribution in [2.24, 2.45) is 17.8 Å². The smallest absolute Gasteiger partial charge is 0.200 e. The number of halogens is 2. The van der Waals surface area contributed by atoms with Crippen molar-refractivity contribution in [1.82, 2.24) is 0 Å². The predicted octanol–water partition coefficient (Wildman–Crippen LogP) is 7.24. The molecule has 0 N–H and O–H groups in total. The molecule has 0 aliphatic heterocycles. The number of hydrogen-bond donors (Lipinski definition) is 0. The van der Waals surface area contributed by atoms with Crippen LogP contribution in [-0.4, -0.2) is 6.61 Å². The molecule has 0 atom stereocenters. The number of benzene rings is 1. The molecular formula is C23H34F2O. The highest BCUT2D eigenvalue weighted by Gasteiger charge is 2.32. The lowest BCUT2D eigenvalue weighted by atomic mass is 9.68. The van der Waals surface area contributed by atoms with Crippen LogP contribution in [0.2, 0.25) is 0 Å². The number of ether oxygens (including phenoxy) is 1. The molecule has 26 heavy (non-hydrogen) atoms. The lowest BCUT2D eigenvalue weighted by Crippen LogP contribution is -2.25. The third-order valence-corrected chi connectivity index (χ3v) is 6.84. The zero-order valence-corrected chi connectivity index (χ0v) is 16.4. The first-order chi connectivity index (χ1) is 12.6. The van der Waals surface area contributed by atoms with Gasteiger partial charge in [0.2, 0.25) is 5.82 Å². The van der Waals surface area contributed by atoms with Crippen LogP contribution in [0.25, 0.3) is 0 Å². The Kier molecular flexibility index (Phi) is 6.94. The van der Waals surface area contributed by atoms with E-state index in [9.17, 15) is 8.78 Å². The minimum absolute atomic E-state index is 0.0336. The molecule has 0 aromatic heterocycles. The van der Waals surface area contributed by atoms with E-state index >= 15 is 0 Å². The molecule has 2 fully saturated rings. The van der Waals surface area contributed by atoms with Crippen LogP contribution in [0.1, 0.15) is 89.5 Å². The molecule has 0 radical (unpaired) electrons. The van der Waals surface area contributed by atoms with Crippen molar-refractivity contribution in [2.45, 2.75) is 84.0 Å². The van der Waals surface area contributed by atoms with Crippen LogP contribution in [0.3, 0.4) is 0 Å². The second-order valence-electron chi connectivity index (χ2n) is 8.40. The van der Waals surface area contributed by atoms with Crippen LogP contribution in [0.15, 0.2) is 12.1 Å². The van der Waals surface area contributed by atoms with Crippen LogP contribution in [0, 0.1) is 29.4 Å². The fourth-order valence-electron chi connectivity index (χ4n) is 5.39. The highest BCUT2D eigenvalue weighted by Crippen LogP contribution is 2.45. The summed E-state index contributed by atoms with van der Waals surface area (Å²) in [6.07, 6.45) is 12.6. The Balaban J connectivity index is 1.55. The quantitative estimate of drug-likeness (QED) is 0.517. The van der Waals surface area contributed by atoms with Gasteiger partial charge in [-0.25, -0.2) is 4.39 Å². The Morgan fingerprint density at radius 1 is 0.846 bits per heavy atom. The molecule has 1 nitrogen and oxygen atoms in total. The Labute approximate surface area is 157 Å². The Morgan fingerprint density at radius 2 is 1.46 bits per heavy atom. The van der Waals surface area contributed by atoms with Crippen molar-refractivity contribution in [3.63, 3.8) is 0 Å². The van der Waals surface area contributed by atoms with Crippen molar-refractivity contribution >= 4 is 0 Å². The molecule has 146 valence electrons. The molecule has 3 heteroatoms. The number of hydrogen-bond acceptors (Lipinski definition) is 1. The largest absolute Gasteiger partial charge is 0.491 e. The second-order valence-corrected chi connectivity index (χ2v) is 8.40. The molecule has 0 unspecified atom stereocenters. The topological polar surface area (TPSA) is 9.23 Å². The van der Waals surface area contributed by atoms with E-state index in [1.165, 1.54) is 51.4 Å². The third kappa shape index (κ3) is 4.40. The molecule has 2 aliphatic carbocycles. The first-order valence-corrected chi connectivity index (χ1v) is 10.7. The van der Waals surface area contributed by atoms with Gasteiger partial charge in [0.1, 0.15) is 0 Å². The van der Waals surface area contributed by atoms with Gasteiger partial charge >= 0.3 is 0 Å². The van der Waals surface area contributed by atoms with Crippen LogP contribution >= 0.6 is 0 Å². The summed E-state index contributed by atoms with van der Waals surface area (Å²) in [5, 5.41) is 0. The Hall–Kier alpha value is -1.12. The molecule has 0 bridgehead atoms.